The largest absolute Gasteiger partial charge is 0.481 e. The number of aliphatic imine (C=N–C) groups is 1. The number of aromatic nitrogens is 4. The Hall–Kier alpha value is -2.90. The fourth-order valence-corrected chi connectivity index (χ4v) is 4.22. The minimum Gasteiger partial charge on any atom is -0.481 e. The molecule has 0 aliphatic rings. The van der Waals surface area contributed by atoms with Crippen molar-refractivity contribution >= 4 is 28.5 Å². The van der Waals surface area contributed by atoms with E-state index in [2.05, 4.69) is 31.6 Å². The second-order valence-electron chi connectivity index (χ2n) is 7.03. The number of anilines is 1. The zero-order valence-corrected chi connectivity index (χ0v) is 19.6. The van der Waals surface area contributed by atoms with E-state index >= 15 is 0 Å². The van der Waals surface area contributed by atoms with Crippen LogP contribution in [0.3, 0.4) is 0 Å². The number of pyridine rings is 1. The third-order valence-electron chi connectivity index (χ3n) is 4.97. The van der Waals surface area contributed by atoms with Crippen LogP contribution < -0.4 is 9.46 Å². The fourth-order valence-electron chi connectivity index (χ4n) is 2.97. The molecule has 2 aromatic rings. The Balaban J connectivity index is 2.56. The maximum atomic E-state index is 13.0. The molecule has 2 atom stereocenters. The SMILES string of the molecule is C=NC(=N)C(C)[C@H](C)S(=O)(=O)Nc1nnc(-c2cccc(OC)n2)n1C(COC)COC. The number of sulfonamides is 1. The van der Waals surface area contributed by atoms with Gasteiger partial charge in [-0.25, -0.2) is 18.4 Å². The van der Waals surface area contributed by atoms with Crippen molar-refractivity contribution in [3.05, 3.63) is 18.2 Å². The Kier molecular flexibility index (Phi) is 8.80. The van der Waals surface area contributed by atoms with E-state index in [0.717, 1.165) is 0 Å². The van der Waals surface area contributed by atoms with Crippen LogP contribution in [0.5, 0.6) is 5.88 Å². The Labute approximate surface area is 187 Å². The van der Waals surface area contributed by atoms with Crippen LogP contribution in [0.4, 0.5) is 5.95 Å². The summed E-state index contributed by atoms with van der Waals surface area (Å²) in [5.74, 6) is -0.160. The number of amidine groups is 1. The molecule has 32 heavy (non-hydrogen) atoms. The molecule has 0 saturated heterocycles. The van der Waals surface area contributed by atoms with E-state index in [4.69, 9.17) is 19.6 Å². The van der Waals surface area contributed by atoms with E-state index in [1.807, 2.05) is 0 Å². The van der Waals surface area contributed by atoms with Crippen molar-refractivity contribution in [1.29, 1.82) is 5.41 Å². The van der Waals surface area contributed by atoms with Gasteiger partial charge in [-0.1, -0.05) is 13.0 Å². The average Bonchev–Trinajstić information content (AvgIpc) is 3.19. The number of ether oxygens (including phenoxy) is 3. The number of nitrogens with zero attached hydrogens (tertiary/aromatic N) is 5. The molecular formula is C19H29N7O5S. The Morgan fingerprint density at radius 3 is 2.44 bits per heavy atom. The summed E-state index contributed by atoms with van der Waals surface area (Å²) in [4.78, 5) is 7.92. The summed E-state index contributed by atoms with van der Waals surface area (Å²) in [6.45, 7) is 6.78. The maximum Gasteiger partial charge on any atom is 0.239 e. The van der Waals surface area contributed by atoms with Crippen molar-refractivity contribution in [3.63, 3.8) is 0 Å². The molecule has 0 aliphatic carbocycles. The molecule has 2 heterocycles. The van der Waals surface area contributed by atoms with Crippen molar-refractivity contribution < 1.29 is 22.6 Å². The predicted molar refractivity (Wildman–Crippen MR) is 121 cm³/mol. The van der Waals surface area contributed by atoms with Crippen LogP contribution in [0.25, 0.3) is 11.5 Å². The van der Waals surface area contributed by atoms with Gasteiger partial charge >= 0.3 is 0 Å². The molecule has 0 fully saturated rings. The molecule has 0 bridgehead atoms. The topological polar surface area (TPSA) is 154 Å². The minimum absolute atomic E-state index is 0.0270. The smallest absolute Gasteiger partial charge is 0.239 e. The molecule has 0 amide bonds. The van der Waals surface area contributed by atoms with Crippen LogP contribution in [-0.4, -0.2) is 80.5 Å². The molecule has 1 unspecified atom stereocenters. The minimum atomic E-state index is -3.96. The van der Waals surface area contributed by atoms with Crippen LogP contribution in [0, 0.1) is 11.3 Å². The van der Waals surface area contributed by atoms with Gasteiger partial charge in [0.25, 0.3) is 0 Å². The molecule has 2 aromatic heterocycles. The van der Waals surface area contributed by atoms with Crippen LogP contribution in [0.2, 0.25) is 0 Å². The molecule has 0 aliphatic heterocycles. The molecule has 12 nitrogen and oxygen atoms in total. The first-order valence-electron chi connectivity index (χ1n) is 9.71. The summed E-state index contributed by atoms with van der Waals surface area (Å²) in [5, 5.41) is 15.1. The van der Waals surface area contributed by atoms with Crippen LogP contribution in [0.1, 0.15) is 19.9 Å². The number of nitrogens with one attached hydrogen (secondary N) is 2. The van der Waals surface area contributed by atoms with Crippen LogP contribution >= 0.6 is 0 Å². The van der Waals surface area contributed by atoms with E-state index in [9.17, 15) is 8.42 Å². The Bertz CT molecular complexity index is 1030. The molecule has 0 saturated carbocycles. The summed E-state index contributed by atoms with van der Waals surface area (Å²) >= 11 is 0. The number of hydrogen-bond acceptors (Lipinski definition) is 9. The van der Waals surface area contributed by atoms with E-state index in [-0.39, 0.29) is 25.0 Å². The maximum absolute atomic E-state index is 13.0. The van der Waals surface area contributed by atoms with Crippen LogP contribution in [-0.2, 0) is 19.5 Å². The normalized spacial score (nSPS) is 13.6. The lowest BCUT2D eigenvalue weighted by Crippen LogP contribution is -2.35. The highest BCUT2D eigenvalue weighted by Gasteiger charge is 2.32. The lowest BCUT2D eigenvalue weighted by molar-refractivity contribution is 0.0908. The predicted octanol–water partition coefficient (Wildman–Crippen LogP) is 1.63. The highest BCUT2D eigenvalue weighted by atomic mass is 32.2. The van der Waals surface area contributed by atoms with E-state index in [1.165, 1.54) is 28.3 Å². The molecule has 176 valence electrons. The van der Waals surface area contributed by atoms with Crippen LogP contribution in [0.15, 0.2) is 23.2 Å². The van der Waals surface area contributed by atoms with Gasteiger partial charge in [0, 0.05) is 26.2 Å². The van der Waals surface area contributed by atoms with Gasteiger partial charge in [0.05, 0.1) is 31.6 Å². The molecular weight excluding hydrogens is 438 g/mol. The molecule has 0 radical (unpaired) electrons. The van der Waals surface area contributed by atoms with E-state index in [1.54, 1.807) is 29.7 Å². The molecule has 0 aromatic carbocycles. The number of methoxy groups -OCH3 is 3. The van der Waals surface area contributed by atoms with E-state index in [0.29, 0.717) is 17.4 Å². The highest BCUT2D eigenvalue weighted by molar-refractivity contribution is 7.93. The van der Waals surface area contributed by atoms with Gasteiger partial charge in [-0.2, -0.15) is 0 Å². The molecule has 2 N–H and O–H groups in total. The summed E-state index contributed by atoms with van der Waals surface area (Å²) in [6, 6.07) is 4.67. The van der Waals surface area contributed by atoms with Gasteiger partial charge in [-0.05, 0) is 19.7 Å². The van der Waals surface area contributed by atoms with Gasteiger partial charge in [0.15, 0.2) is 5.82 Å². The lowest BCUT2D eigenvalue weighted by atomic mass is 10.1. The molecule has 2 rings (SSSR count). The molecule has 13 heteroatoms. The third kappa shape index (κ3) is 5.66. The Morgan fingerprint density at radius 2 is 1.88 bits per heavy atom. The quantitative estimate of drug-likeness (QED) is 0.353. The van der Waals surface area contributed by atoms with Crippen molar-refractivity contribution in [2.75, 3.05) is 39.3 Å². The van der Waals surface area contributed by atoms with Gasteiger partial charge in [-0.15, -0.1) is 10.2 Å². The number of hydrogen-bond donors (Lipinski definition) is 2. The first-order chi connectivity index (χ1) is 15.2. The van der Waals surface area contributed by atoms with Gasteiger partial charge in [0.1, 0.15) is 11.5 Å². The van der Waals surface area contributed by atoms with Crippen molar-refractivity contribution in [2.24, 2.45) is 10.9 Å². The first-order valence-corrected chi connectivity index (χ1v) is 11.3. The second kappa shape index (κ2) is 11.1. The standard InChI is InChI=1S/C19H29N7O5S/c1-12(17(20)21-3)13(2)32(27,28)25-19-24-23-18(15-8-7-9-16(22-15)31-6)26(19)14(10-29-4)11-30-5/h7-9,12-14,20H,3,10-11H2,1-2,4-6H3,(H,24,25)/t12?,13-/m0/s1. The van der Waals surface area contributed by atoms with Gasteiger partial charge in [0.2, 0.25) is 21.9 Å². The van der Waals surface area contributed by atoms with Crippen molar-refractivity contribution in [1.82, 2.24) is 19.7 Å². The van der Waals surface area contributed by atoms with Gasteiger partial charge in [-0.3, -0.25) is 14.7 Å². The first kappa shape index (κ1) is 25.4. The summed E-state index contributed by atoms with van der Waals surface area (Å²) < 4.78 is 46.0. The second-order valence-corrected chi connectivity index (χ2v) is 9.07. The van der Waals surface area contributed by atoms with Gasteiger partial charge < -0.3 is 14.2 Å². The third-order valence-corrected chi connectivity index (χ3v) is 6.82. The summed E-state index contributed by atoms with van der Waals surface area (Å²) in [7, 11) is 0.581. The molecule has 0 spiro atoms. The Morgan fingerprint density at radius 1 is 1.22 bits per heavy atom. The number of rotatable bonds is 12. The zero-order chi connectivity index (χ0) is 23.9. The monoisotopic (exact) mass is 467 g/mol. The average molecular weight is 468 g/mol. The lowest BCUT2D eigenvalue weighted by Gasteiger charge is -2.23. The fraction of sp³-hybridized carbons (Fsp3) is 0.526. The van der Waals surface area contributed by atoms with Crippen molar-refractivity contribution in [3.8, 4) is 17.4 Å². The van der Waals surface area contributed by atoms with Crippen molar-refractivity contribution in [2.45, 2.75) is 25.1 Å². The highest BCUT2D eigenvalue weighted by Crippen LogP contribution is 2.27. The van der Waals surface area contributed by atoms with E-state index < -0.39 is 27.2 Å². The zero-order valence-electron chi connectivity index (χ0n) is 18.8. The summed E-state index contributed by atoms with van der Waals surface area (Å²) in [5.41, 5.74) is 0.429. The summed E-state index contributed by atoms with van der Waals surface area (Å²) in [6.07, 6.45) is 0.